The number of benzene rings is 2. The number of methoxy groups -OCH3 is 1. The molecule has 24 heavy (non-hydrogen) atoms. The Hall–Kier alpha value is -3.08. The first-order chi connectivity index (χ1) is 11.8. The van der Waals surface area contributed by atoms with Crippen LogP contribution in [-0.4, -0.2) is 24.5 Å². The number of amides is 1. The Morgan fingerprint density at radius 2 is 2.00 bits per heavy atom. The van der Waals surface area contributed by atoms with E-state index in [2.05, 4.69) is 10.3 Å². The summed E-state index contributed by atoms with van der Waals surface area (Å²) in [6, 6.07) is 17.3. The monoisotopic (exact) mass is 322 g/mol. The highest BCUT2D eigenvalue weighted by Crippen LogP contribution is 2.21. The number of hydrogen-bond acceptors (Lipinski definition) is 4. The minimum atomic E-state index is -0.269. The van der Waals surface area contributed by atoms with Crippen LogP contribution in [0.5, 0.6) is 5.75 Å². The highest BCUT2D eigenvalue weighted by atomic mass is 16.5. The van der Waals surface area contributed by atoms with Crippen molar-refractivity contribution in [3.8, 4) is 17.0 Å². The molecule has 0 saturated heterocycles. The van der Waals surface area contributed by atoms with Crippen LogP contribution in [0.3, 0.4) is 0 Å². The number of carbonyl (C=O) groups is 1. The molecule has 3 aromatic rings. The van der Waals surface area contributed by atoms with Crippen LogP contribution < -0.4 is 10.1 Å². The zero-order valence-electron chi connectivity index (χ0n) is 13.4. The maximum Gasteiger partial charge on any atom is 0.289 e. The van der Waals surface area contributed by atoms with E-state index in [0.717, 1.165) is 16.9 Å². The molecule has 5 nitrogen and oxygen atoms in total. The number of nitrogens with one attached hydrogen (secondary N) is 1. The van der Waals surface area contributed by atoms with Gasteiger partial charge in [-0.2, -0.15) is 0 Å². The maximum atomic E-state index is 12.3. The average molecular weight is 322 g/mol. The highest BCUT2D eigenvalue weighted by Gasteiger charge is 2.17. The number of oxazole rings is 1. The predicted molar refractivity (Wildman–Crippen MR) is 91.0 cm³/mol. The molecule has 2 aromatic carbocycles. The van der Waals surface area contributed by atoms with E-state index in [9.17, 15) is 4.79 Å². The molecule has 1 heterocycles. The molecule has 5 heteroatoms. The average Bonchev–Trinajstić information content (AvgIpc) is 3.12. The smallest absolute Gasteiger partial charge is 0.289 e. The highest BCUT2D eigenvalue weighted by molar-refractivity contribution is 5.97. The van der Waals surface area contributed by atoms with E-state index in [4.69, 9.17) is 9.15 Å². The van der Waals surface area contributed by atoms with Crippen molar-refractivity contribution in [3.05, 3.63) is 72.3 Å². The summed E-state index contributed by atoms with van der Waals surface area (Å²) in [5, 5.41) is 2.87. The van der Waals surface area contributed by atoms with E-state index in [1.54, 1.807) is 7.11 Å². The van der Waals surface area contributed by atoms with Crippen molar-refractivity contribution in [1.29, 1.82) is 0 Å². The van der Waals surface area contributed by atoms with Crippen molar-refractivity contribution in [2.75, 3.05) is 13.7 Å². The first-order valence-electron chi connectivity index (χ1n) is 7.68. The normalized spacial score (nSPS) is 10.4. The van der Waals surface area contributed by atoms with Gasteiger partial charge in [-0.05, 0) is 24.1 Å². The van der Waals surface area contributed by atoms with E-state index in [0.29, 0.717) is 18.7 Å². The van der Waals surface area contributed by atoms with Crippen LogP contribution in [0.1, 0.15) is 16.1 Å². The maximum absolute atomic E-state index is 12.3. The third-order valence-electron chi connectivity index (χ3n) is 3.65. The van der Waals surface area contributed by atoms with Gasteiger partial charge in [0, 0.05) is 12.1 Å². The zero-order valence-corrected chi connectivity index (χ0v) is 13.4. The predicted octanol–water partition coefficient (Wildman–Crippen LogP) is 3.32. The molecule has 1 aromatic heterocycles. The summed E-state index contributed by atoms with van der Waals surface area (Å²) in [4.78, 5) is 16.5. The molecule has 0 spiro atoms. The molecule has 0 aliphatic carbocycles. The summed E-state index contributed by atoms with van der Waals surface area (Å²) in [5.74, 6) is 0.765. The van der Waals surface area contributed by atoms with Crippen molar-refractivity contribution >= 4 is 5.91 Å². The molecule has 1 amide bonds. The van der Waals surface area contributed by atoms with Crippen LogP contribution in [0.15, 0.2) is 65.4 Å². The van der Waals surface area contributed by atoms with E-state index in [-0.39, 0.29) is 11.7 Å². The molecular formula is C19H18N2O3. The SMILES string of the molecule is COc1cccc(CCNC(=O)c2ocnc2-c2ccccc2)c1. The number of hydrogen-bond donors (Lipinski definition) is 1. The molecule has 0 aliphatic rings. The Balaban J connectivity index is 1.63. The van der Waals surface area contributed by atoms with Gasteiger partial charge in [0.15, 0.2) is 6.39 Å². The fourth-order valence-corrected chi connectivity index (χ4v) is 2.44. The molecular weight excluding hydrogens is 304 g/mol. The number of aromatic nitrogens is 1. The van der Waals surface area contributed by atoms with Crippen LogP contribution in [0.4, 0.5) is 0 Å². The van der Waals surface area contributed by atoms with Crippen LogP contribution >= 0.6 is 0 Å². The largest absolute Gasteiger partial charge is 0.497 e. The molecule has 0 atom stereocenters. The lowest BCUT2D eigenvalue weighted by Crippen LogP contribution is -2.25. The topological polar surface area (TPSA) is 64.4 Å². The number of rotatable bonds is 6. The van der Waals surface area contributed by atoms with Gasteiger partial charge in [-0.15, -0.1) is 0 Å². The van der Waals surface area contributed by atoms with Crippen molar-refractivity contribution in [2.45, 2.75) is 6.42 Å². The van der Waals surface area contributed by atoms with E-state index >= 15 is 0 Å². The van der Waals surface area contributed by atoms with Crippen LogP contribution in [-0.2, 0) is 6.42 Å². The van der Waals surface area contributed by atoms with Crippen molar-refractivity contribution in [3.63, 3.8) is 0 Å². The lowest BCUT2D eigenvalue weighted by molar-refractivity contribution is 0.0927. The Kier molecular flexibility index (Phi) is 4.91. The van der Waals surface area contributed by atoms with E-state index in [1.165, 1.54) is 6.39 Å². The number of carbonyl (C=O) groups excluding carboxylic acids is 1. The second-order valence-corrected chi connectivity index (χ2v) is 5.25. The molecule has 0 bridgehead atoms. The van der Waals surface area contributed by atoms with Gasteiger partial charge in [0.25, 0.3) is 5.91 Å². The van der Waals surface area contributed by atoms with Gasteiger partial charge in [0.2, 0.25) is 5.76 Å². The lowest BCUT2D eigenvalue weighted by atomic mass is 10.1. The molecule has 0 saturated carbocycles. The fraction of sp³-hybridized carbons (Fsp3) is 0.158. The Morgan fingerprint density at radius 1 is 1.17 bits per heavy atom. The van der Waals surface area contributed by atoms with Gasteiger partial charge in [0.05, 0.1) is 7.11 Å². The molecule has 3 rings (SSSR count). The van der Waals surface area contributed by atoms with E-state index < -0.39 is 0 Å². The first kappa shape index (κ1) is 15.8. The standard InChI is InChI=1S/C19H18N2O3/c1-23-16-9-5-6-14(12-16)10-11-20-19(22)18-17(21-13-24-18)15-7-3-2-4-8-15/h2-9,12-13H,10-11H2,1H3,(H,20,22). The molecule has 0 aliphatic heterocycles. The second-order valence-electron chi connectivity index (χ2n) is 5.25. The summed E-state index contributed by atoms with van der Waals surface area (Å²) < 4.78 is 10.5. The summed E-state index contributed by atoms with van der Waals surface area (Å²) in [5.41, 5.74) is 2.49. The van der Waals surface area contributed by atoms with Gasteiger partial charge in [-0.25, -0.2) is 4.98 Å². The second kappa shape index (κ2) is 7.46. The summed E-state index contributed by atoms with van der Waals surface area (Å²) >= 11 is 0. The zero-order chi connectivity index (χ0) is 16.8. The van der Waals surface area contributed by atoms with Crippen LogP contribution in [0.25, 0.3) is 11.3 Å². The lowest BCUT2D eigenvalue weighted by Gasteiger charge is -2.06. The Labute approximate surface area is 140 Å². The van der Waals surface area contributed by atoms with Gasteiger partial charge in [-0.1, -0.05) is 42.5 Å². The number of nitrogens with zero attached hydrogens (tertiary/aromatic N) is 1. The van der Waals surface area contributed by atoms with Gasteiger partial charge in [0.1, 0.15) is 11.4 Å². The third kappa shape index (κ3) is 3.63. The summed E-state index contributed by atoms with van der Waals surface area (Å²) in [7, 11) is 1.63. The van der Waals surface area contributed by atoms with Crippen molar-refractivity contribution in [2.24, 2.45) is 0 Å². The number of ether oxygens (including phenoxy) is 1. The Morgan fingerprint density at radius 3 is 2.79 bits per heavy atom. The first-order valence-corrected chi connectivity index (χ1v) is 7.68. The third-order valence-corrected chi connectivity index (χ3v) is 3.65. The molecule has 0 unspecified atom stereocenters. The van der Waals surface area contributed by atoms with Crippen LogP contribution in [0, 0.1) is 0 Å². The fourth-order valence-electron chi connectivity index (χ4n) is 2.44. The molecule has 0 fully saturated rings. The molecule has 1 N–H and O–H groups in total. The Bertz CT molecular complexity index is 812. The molecule has 122 valence electrons. The van der Waals surface area contributed by atoms with Gasteiger partial charge < -0.3 is 14.5 Å². The van der Waals surface area contributed by atoms with Crippen molar-refractivity contribution < 1.29 is 13.9 Å². The van der Waals surface area contributed by atoms with Crippen LogP contribution in [0.2, 0.25) is 0 Å². The van der Waals surface area contributed by atoms with E-state index in [1.807, 2.05) is 54.6 Å². The van der Waals surface area contributed by atoms with Gasteiger partial charge >= 0.3 is 0 Å². The minimum Gasteiger partial charge on any atom is -0.497 e. The van der Waals surface area contributed by atoms with Gasteiger partial charge in [-0.3, -0.25) is 4.79 Å². The molecule has 0 radical (unpaired) electrons. The summed E-state index contributed by atoms with van der Waals surface area (Å²) in [6.45, 7) is 0.501. The van der Waals surface area contributed by atoms with Crippen molar-refractivity contribution in [1.82, 2.24) is 10.3 Å². The minimum absolute atomic E-state index is 0.229. The summed E-state index contributed by atoms with van der Waals surface area (Å²) in [6.07, 6.45) is 2.00. The quantitative estimate of drug-likeness (QED) is 0.756.